The second-order valence-electron chi connectivity index (χ2n) is 13.8. The number of aromatic carboxylic acids is 2. The molecule has 12 N–H and O–H groups in total. The third-order valence-electron chi connectivity index (χ3n) is 8.83. The van der Waals surface area contributed by atoms with Crippen LogP contribution >= 0.6 is 0 Å². The molecule has 0 saturated heterocycles. The van der Waals surface area contributed by atoms with Crippen molar-refractivity contribution in [2.75, 3.05) is 45.0 Å². The number of carboxylic acids is 4. The molecule has 30 heteroatoms. The first kappa shape index (κ1) is 55.7. The van der Waals surface area contributed by atoms with Gasteiger partial charge in [-0.15, -0.1) is 0 Å². The van der Waals surface area contributed by atoms with Gasteiger partial charge in [0.25, 0.3) is 20.2 Å². The average molecular weight is 1020 g/mol. The van der Waals surface area contributed by atoms with Gasteiger partial charge in [-0.2, -0.15) is 46.7 Å². The number of anilines is 10. The van der Waals surface area contributed by atoms with Crippen molar-refractivity contribution in [2.45, 2.75) is 22.6 Å². The third kappa shape index (κ3) is 16.4. The van der Waals surface area contributed by atoms with Gasteiger partial charge in [0.1, 0.15) is 9.79 Å². The molecule has 2 heterocycles. The number of carbonyl (C=O) groups is 4. The van der Waals surface area contributed by atoms with Crippen LogP contribution in [0.1, 0.15) is 44.7 Å². The van der Waals surface area contributed by atoms with Crippen molar-refractivity contribution < 1.29 is 65.5 Å². The zero-order chi connectivity index (χ0) is 49.2. The summed E-state index contributed by atoms with van der Waals surface area (Å²) in [5.74, 6) is -5.31. The van der Waals surface area contributed by atoms with Crippen molar-refractivity contribution in [1.82, 2.24) is 29.9 Å². The van der Waals surface area contributed by atoms with Crippen LogP contribution in [0.5, 0.6) is 0 Å². The predicted molar refractivity (Wildman–Crippen MR) is 257 cm³/mol. The second kappa shape index (κ2) is 24.6. The van der Waals surface area contributed by atoms with Crippen LogP contribution in [-0.4, -0.2) is 172 Å². The Balaban J connectivity index is 0.00000533. The second-order valence-corrected chi connectivity index (χ2v) is 16.6. The minimum absolute atomic E-state index is 0. The Morgan fingerprint density at radius 2 is 0.729 bits per heavy atom. The molecule has 0 amide bonds. The zero-order valence-corrected chi connectivity index (χ0v) is 36.1. The van der Waals surface area contributed by atoms with Crippen LogP contribution in [0, 0.1) is 0 Å². The molecule has 0 fully saturated rings. The van der Waals surface area contributed by atoms with Crippen LogP contribution in [0.4, 0.5) is 58.4 Å². The van der Waals surface area contributed by atoms with Gasteiger partial charge in [-0.1, -0.05) is 24.3 Å². The fourth-order valence-electron chi connectivity index (χ4n) is 5.73. The maximum atomic E-state index is 12.7. The van der Waals surface area contributed by atoms with Gasteiger partial charge >= 0.3 is 83.0 Å². The van der Waals surface area contributed by atoms with Crippen LogP contribution in [-0.2, 0) is 29.8 Å². The van der Waals surface area contributed by atoms with Crippen LogP contribution in [0.3, 0.4) is 0 Å². The number of rotatable bonds is 22. The Morgan fingerprint density at radius 3 is 1.01 bits per heavy atom. The van der Waals surface area contributed by atoms with Crippen molar-refractivity contribution in [3.8, 4) is 0 Å². The van der Waals surface area contributed by atoms with Gasteiger partial charge in [0.05, 0.1) is 24.0 Å². The van der Waals surface area contributed by atoms with E-state index in [1.807, 2.05) is 0 Å². The van der Waals surface area contributed by atoms with E-state index in [9.17, 15) is 55.3 Å². The summed E-state index contributed by atoms with van der Waals surface area (Å²) in [7, 11) is -9.98. The fourth-order valence-corrected chi connectivity index (χ4v) is 7.15. The first-order valence-corrected chi connectivity index (χ1v) is 22.2. The number of hydrogen-bond donors (Lipinski definition) is 12. The molecule has 0 aliphatic heterocycles. The van der Waals surface area contributed by atoms with Crippen molar-refractivity contribution in [1.29, 1.82) is 0 Å². The molecule has 70 heavy (non-hydrogen) atoms. The van der Waals surface area contributed by atoms with Gasteiger partial charge in [0.15, 0.2) is 0 Å². The Kier molecular flexibility index (Phi) is 19.6. The molecule has 0 radical (unpaired) electrons. The van der Waals surface area contributed by atoms with E-state index in [2.05, 4.69) is 61.8 Å². The Morgan fingerprint density at radius 1 is 0.443 bits per heavy atom. The molecule has 0 aliphatic carbocycles. The summed E-state index contributed by atoms with van der Waals surface area (Å²) in [4.78, 5) is 68.7. The molecule has 26 nitrogen and oxygen atoms in total. The SMILES string of the molecule is O=C(O)CCNc1nc(Nc2ccc(C(=O)O)cc2)nc(Nc2ccc(C=Cc3ccc(Nc4nc(NCCC(=O)O)nc(Nc5ccc(C(=O)O)cc5)n4)cc3S(=O)(=O)O)c(S(=O)(=O)O)c2)n1.[NaH].[NaH]. The van der Waals surface area contributed by atoms with Crippen LogP contribution in [0.2, 0.25) is 0 Å². The average Bonchev–Trinajstić information content (AvgIpc) is 3.25. The van der Waals surface area contributed by atoms with E-state index in [1.54, 1.807) is 0 Å². The summed E-state index contributed by atoms with van der Waals surface area (Å²) < 4.78 is 71.2. The van der Waals surface area contributed by atoms with Crippen LogP contribution in [0.15, 0.2) is 94.7 Å². The molecule has 0 bridgehead atoms. The summed E-state index contributed by atoms with van der Waals surface area (Å²) in [5, 5.41) is 53.3. The summed E-state index contributed by atoms with van der Waals surface area (Å²) in [5.41, 5.74) is 0.477. The first-order chi connectivity index (χ1) is 32.2. The van der Waals surface area contributed by atoms with Crippen LogP contribution < -0.4 is 31.9 Å². The summed E-state index contributed by atoms with van der Waals surface area (Å²) in [6.45, 7) is -0.191. The van der Waals surface area contributed by atoms with E-state index < -0.39 is 53.9 Å². The van der Waals surface area contributed by atoms with Crippen molar-refractivity contribution in [2.24, 2.45) is 0 Å². The van der Waals surface area contributed by atoms with Gasteiger partial charge in [-0.3, -0.25) is 18.7 Å². The number of aromatic nitrogens is 6. The van der Waals surface area contributed by atoms with Crippen molar-refractivity contribution >= 4 is 174 Å². The third-order valence-corrected chi connectivity index (χ3v) is 10.6. The van der Waals surface area contributed by atoms with Crippen molar-refractivity contribution in [3.63, 3.8) is 0 Å². The van der Waals surface area contributed by atoms with Gasteiger partial charge in [-0.25, -0.2) is 9.59 Å². The standard InChI is InChI=1S/C40H36N12O14S2.2Na.2H/c53-31(54)15-17-41-35-47-37(43-25-9-5-23(6-10-25)33(57)58)51-39(49-35)45-27-13-3-21(29(19-27)67(61,62)63)1-2-22-4-14-28(20-30(22)68(64,65)66)46-40-50-36(42-18-16-32(55)56)48-38(52-40)44-26-11-7-24(8-12-26)34(59)60;;;;/h1-14,19-20H,15-18H2,(H,53,54)(H,55,56)(H,57,58)(H,59,60)(H,61,62,63)(H,64,65,66)(H3,41,43,45,47,49,51)(H3,42,44,46,48,50,52);;;;. The van der Waals surface area contributed by atoms with Gasteiger partial charge in [-0.05, 0) is 83.9 Å². The molecular weight excluding hydrogens is 983 g/mol. The Bertz CT molecular complexity index is 2960. The molecule has 0 atom stereocenters. The molecule has 6 rings (SSSR count). The normalized spacial score (nSPS) is 11.1. The Labute approximate surface area is 440 Å². The number of carboxylic acid groups (broad SMARTS) is 4. The number of nitrogens with zero attached hydrogens (tertiary/aromatic N) is 6. The molecule has 356 valence electrons. The number of hydrogen-bond acceptors (Lipinski definition) is 20. The quantitative estimate of drug-likeness (QED) is 0.0263. The number of aliphatic carboxylic acids is 2. The Hall–Kier alpha value is -6.86. The summed E-state index contributed by atoms with van der Waals surface area (Å²) in [6.07, 6.45) is 1.69. The van der Waals surface area contributed by atoms with Gasteiger partial charge in [0.2, 0.25) is 35.7 Å². The van der Waals surface area contributed by atoms with Gasteiger partial charge < -0.3 is 52.3 Å². The molecule has 6 aromatic rings. The van der Waals surface area contributed by atoms with E-state index >= 15 is 0 Å². The van der Waals surface area contributed by atoms with E-state index in [4.69, 9.17) is 10.2 Å². The summed E-state index contributed by atoms with van der Waals surface area (Å²) in [6, 6.07) is 18.3. The molecule has 0 unspecified atom stereocenters. The maximum absolute atomic E-state index is 12.7. The van der Waals surface area contributed by atoms with Gasteiger partial charge in [0, 0.05) is 35.8 Å². The molecule has 2 aromatic heterocycles. The fraction of sp³-hybridized carbons (Fsp3) is 0.100. The van der Waals surface area contributed by atoms with E-state index in [0.717, 1.165) is 24.3 Å². The summed E-state index contributed by atoms with van der Waals surface area (Å²) >= 11 is 0. The number of nitrogens with one attached hydrogen (secondary N) is 6. The van der Waals surface area contributed by atoms with Crippen LogP contribution in [0.25, 0.3) is 12.2 Å². The topological polar surface area (TPSA) is 407 Å². The molecule has 0 aliphatic rings. The number of benzene rings is 4. The van der Waals surface area contributed by atoms with E-state index in [1.165, 1.54) is 72.8 Å². The van der Waals surface area contributed by atoms with Crippen molar-refractivity contribution in [3.05, 3.63) is 107 Å². The van der Waals surface area contributed by atoms with E-state index in [0.29, 0.717) is 11.4 Å². The molecule has 0 saturated carbocycles. The first-order valence-electron chi connectivity index (χ1n) is 19.3. The predicted octanol–water partition coefficient (Wildman–Crippen LogP) is 3.57. The molecule has 4 aromatic carbocycles. The zero-order valence-electron chi connectivity index (χ0n) is 34.5. The molecular formula is C40H38N12Na2O14S2. The molecule has 0 spiro atoms. The van der Waals surface area contributed by atoms with E-state index in [-0.39, 0.29) is 154 Å². The minimum atomic E-state index is -4.99. The monoisotopic (exact) mass is 1020 g/mol.